The molecule has 2 bridgehead atoms. The van der Waals surface area contributed by atoms with Gasteiger partial charge in [-0.05, 0) is 30.7 Å². The van der Waals surface area contributed by atoms with Gasteiger partial charge >= 0.3 is 0 Å². The molecule has 2 aliphatic rings. The summed E-state index contributed by atoms with van der Waals surface area (Å²) in [6, 6.07) is 8.16. The Balaban J connectivity index is 1.32. The topological polar surface area (TPSA) is 81.7 Å². The van der Waals surface area contributed by atoms with E-state index >= 15 is 0 Å². The molecule has 2 aliphatic heterocycles. The number of likely N-dealkylation sites (tertiary alicyclic amines) is 2. The van der Waals surface area contributed by atoms with E-state index in [-0.39, 0.29) is 34.5 Å². The van der Waals surface area contributed by atoms with E-state index in [1.54, 1.807) is 37.3 Å². The fourth-order valence-corrected chi connectivity index (χ4v) is 5.44. The number of piperazine rings is 1. The highest BCUT2D eigenvalue weighted by molar-refractivity contribution is 7.13. The molecule has 0 spiro atoms. The van der Waals surface area contributed by atoms with E-state index in [2.05, 4.69) is 15.2 Å². The van der Waals surface area contributed by atoms with Gasteiger partial charge in [-0.1, -0.05) is 17.7 Å². The van der Waals surface area contributed by atoms with Crippen molar-refractivity contribution in [1.29, 1.82) is 0 Å². The molecule has 0 radical (unpaired) electrons. The maximum Gasteiger partial charge on any atom is 0.257 e. The zero-order valence-corrected chi connectivity index (χ0v) is 20.8. The van der Waals surface area contributed by atoms with Crippen LogP contribution < -0.4 is 5.32 Å². The van der Waals surface area contributed by atoms with Crippen molar-refractivity contribution in [3.8, 4) is 0 Å². The number of hydrogen-bond acceptors (Lipinski definition) is 7. The van der Waals surface area contributed by atoms with Crippen molar-refractivity contribution in [2.45, 2.75) is 25.0 Å². The van der Waals surface area contributed by atoms with Crippen LogP contribution in [-0.4, -0.2) is 75.8 Å². The number of benzene rings is 1. The maximum absolute atomic E-state index is 14.4. The number of nitrogens with one attached hydrogen (secondary N) is 1. The molecule has 182 valence electrons. The van der Waals surface area contributed by atoms with E-state index in [1.165, 1.54) is 28.4 Å². The molecule has 1 aromatic carbocycles. The van der Waals surface area contributed by atoms with Gasteiger partial charge in [0.15, 0.2) is 10.9 Å². The second kappa shape index (κ2) is 9.52. The molecule has 2 amide bonds. The Morgan fingerprint density at radius 2 is 2.09 bits per heavy atom. The van der Waals surface area contributed by atoms with Crippen LogP contribution in [0.2, 0.25) is 5.02 Å². The molecule has 5 rings (SSSR count). The summed E-state index contributed by atoms with van der Waals surface area (Å²) in [6.45, 7) is 1.70. The number of carbonyl (C=O) groups excluding carboxylic acids is 2. The first-order valence-corrected chi connectivity index (χ1v) is 12.4. The molecule has 1 N–H and O–H groups in total. The molecule has 2 aromatic heterocycles. The van der Waals surface area contributed by atoms with Gasteiger partial charge < -0.3 is 15.1 Å². The Morgan fingerprint density at radius 3 is 2.77 bits per heavy atom. The van der Waals surface area contributed by atoms with Crippen LogP contribution in [0.1, 0.15) is 32.8 Å². The third-order valence-corrected chi connectivity index (χ3v) is 7.34. The van der Waals surface area contributed by atoms with Crippen molar-refractivity contribution in [3.63, 3.8) is 0 Å². The predicted molar refractivity (Wildman–Crippen MR) is 133 cm³/mol. The number of pyridine rings is 1. The quantitative estimate of drug-likeness (QED) is 0.538. The molecular formula is C24H24ClFN6O2S. The van der Waals surface area contributed by atoms with Gasteiger partial charge in [0, 0.05) is 63.0 Å². The van der Waals surface area contributed by atoms with Crippen LogP contribution >= 0.6 is 22.9 Å². The zero-order valence-electron chi connectivity index (χ0n) is 19.2. The van der Waals surface area contributed by atoms with Gasteiger partial charge in [-0.15, -0.1) is 11.3 Å². The largest absolute Gasteiger partial charge is 0.345 e. The van der Waals surface area contributed by atoms with Crippen molar-refractivity contribution in [3.05, 3.63) is 69.6 Å². The van der Waals surface area contributed by atoms with Crippen molar-refractivity contribution in [1.82, 2.24) is 24.7 Å². The lowest BCUT2D eigenvalue weighted by Crippen LogP contribution is -2.48. The highest BCUT2D eigenvalue weighted by atomic mass is 35.5. The monoisotopic (exact) mass is 514 g/mol. The van der Waals surface area contributed by atoms with E-state index in [1.807, 2.05) is 11.4 Å². The smallest absolute Gasteiger partial charge is 0.257 e. The fourth-order valence-electron chi connectivity index (χ4n) is 4.73. The highest BCUT2D eigenvalue weighted by Gasteiger charge is 2.45. The number of fused-ring (bicyclic) bond motifs is 2. The fraction of sp³-hybridized carbons (Fsp3) is 0.333. The molecule has 2 fully saturated rings. The molecule has 35 heavy (non-hydrogen) atoms. The van der Waals surface area contributed by atoms with E-state index in [9.17, 15) is 14.0 Å². The number of nitrogens with zero attached hydrogens (tertiary/aromatic N) is 5. The average Bonchev–Trinajstić information content (AvgIpc) is 3.57. The zero-order chi connectivity index (χ0) is 24.7. The summed E-state index contributed by atoms with van der Waals surface area (Å²) in [6.07, 6.45) is 2.51. The standard InChI is InChI=1S/C24H24ClFN6O2S/c1-30(2)22(33)14-8-15(28-20(9-14)29-24-27-6-7-35-24)11-31-12-17-10-16(31)13-32(17)23(34)18-4-3-5-19(25)21(18)26/h3-9,16-17H,10-13H2,1-2H3,(H,27,28,29)/t16-,17-/m0/s1. The minimum Gasteiger partial charge on any atom is -0.345 e. The van der Waals surface area contributed by atoms with Crippen LogP contribution in [0.3, 0.4) is 0 Å². The summed E-state index contributed by atoms with van der Waals surface area (Å²) >= 11 is 7.32. The Kier molecular flexibility index (Phi) is 6.43. The summed E-state index contributed by atoms with van der Waals surface area (Å²) in [5.41, 5.74) is 1.30. The average molecular weight is 515 g/mol. The third-order valence-electron chi connectivity index (χ3n) is 6.36. The van der Waals surface area contributed by atoms with E-state index < -0.39 is 5.82 Å². The number of anilines is 2. The lowest BCUT2D eigenvalue weighted by atomic mass is 10.1. The molecule has 8 nitrogen and oxygen atoms in total. The number of carbonyl (C=O) groups is 2. The number of thiazole rings is 1. The lowest BCUT2D eigenvalue weighted by molar-refractivity contribution is 0.0609. The van der Waals surface area contributed by atoms with Crippen molar-refractivity contribution < 1.29 is 14.0 Å². The van der Waals surface area contributed by atoms with Gasteiger partial charge in [-0.2, -0.15) is 0 Å². The third kappa shape index (κ3) is 4.73. The van der Waals surface area contributed by atoms with E-state index in [0.29, 0.717) is 36.1 Å². The molecular weight excluding hydrogens is 491 g/mol. The Morgan fingerprint density at radius 1 is 1.26 bits per heavy atom. The molecule has 2 saturated heterocycles. The van der Waals surface area contributed by atoms with Crippen molar-refractivity contribution in [2.75, 3.05) is 32.5 Å². The van der Waals surface area contributed by atoms with Gasteiger partial charge in [0.1, 0.15) is 5.82 Å². The number of halogens is 2. The van der Waals surface area contributed by atoms with Gasteiger partial charge in [0.05, 0.1) is 16.3 Å². The van der Waals surface area contributed by atoms with Crippen LogP contribution in [0, 0.1) is 5.82 Å². The summed E-state index contributed by atoms with van der Waals surface area (Å²) in [5, 5.41) is 5.68. The number of aromatic nitrogens is 2. The first-order valence-electron chi connectivity index (χ1n) is 11.2. The Bertz CT molecular complexity index is 1270. The normalized spacial score (nSPS) is 19.3. The molecule has 0 aliphatic carbocycles. The second-order valence-corrected chi connectivity index (χ2v) is 10.2. The van der Waals surface area contributed by atoms with Crippen LogP contribution in [-0.2, 0) is 6.54 Å². The molecule has 3 aromatic rings. The summed E-state index contributed by atoms with van der Waals surface area (Å²) in [4.78, 5) is 40.2. The SMILES string of the molecule is CN(C)C(=O)c1cc(CN2C[C@@H]3C[C@H]2CN3C(=O)c2cccc(Cl)c2F)nc(Nc2nccs2)c1. The van der Waals surface area contributed by atoms with Gasteiger partial charge in [-0.3, -0.25) is 14.5 Å². The first-order chi connectivity index (χ1) is 16.8. The summed E-state index contributed by atoms with van der Waals surface area (Å²) < 4.78 is 14.4. The lowest BCUT2D eigenvalue weighted by Gasteiger charge is -2.34. The van der Waals surface area contributed by atoms with Crippen molar-refractivity contribution in [2.24, 2.45) is 0 Å². The van der Waals surface area contributed by atoms with E-state index in [0.717, 1.165) is 12.1 Å². The Hall–Kier alpha value is -3.08. The molecule has 4 heterocycles. The molecule has 11 heteroatoms. The highest BCUT2D eigenvalue weighted by Crippen LogP contribution is 2.34. The molecule has 2 atom stereocenters. The molecule has 0 saturated carbocycles. The maximum atomic E-state index is 14.4. The molecule has 0 unspecified atom stereocenters. The number of amides is 2. The first kappa shape index (κ1) is 23.7. The second-order valence-electron chi connectivity index (χ2n) is 8.93. The van der Waals surface area contributed by atoms with Gasteiger partial charge in [-0.25, -0.2) is 14.4 Å². The minimum atomic E-state index is -0.675. The van der Waals surface area contributed by atoms with Crippen LogP contribution in [0.4, 0.5) is 15.3 Å². The van der Waals surface area contributed by atoms with Crippen molar-refractivity contribution >= 4 is 45.7 Å². The summed E-state index contributed by atoms with van der Waals surface area (Å²) in [5.74, 6) is -0.561. The Labute approximate surface area is 211 Å². The van der Waals surface area contributed by atoms with Gasteiger partial charge in [0.25, 0.3) is 11.8 Å². The number of rotatable bonds is 6. The van der Waals surface area contributed by atoms with Gasteiger partial charge in [0.2, 0.25) is 0 Å². The van der Waals surface area contributed by atoms with E-state index in [4.69, 9.17) is 16.6 Å². The van der Waals surface area contributed by atoms with Crippen LogP contribution in [0.5, 0.6) is 0 Å². The summed E-state index contributed by atoms with van der Waals surface area (Å²) in [7, 11) is 3.42. The minimum absolute atomic E-state index is 0.00562. The number of hydrogen-bond donors (Lipinski definition) is 1. The van der Waals surface area contributed by atoms with Crippen LogP contribution in [0.15, 0.2) is 41.9 Å². The predicted octanol–water partition coefficient (Wildman–Crippen LogP) is 3.87. The van der Waals surface area contributed by atoms with Crippen LogP contribution in [0.25, 0.3) is 0 Å².